The molecule has 94 valence electrons. The highest BCUT2D eigenvalue weighted by Crippen LogP contribution is 2.16. The van der Waals surface area contributed by atoms with Crippen LogP contribution in [0.25, 0.3) is 0 Å². The first-order valence-corrected chi connectivity index (χ1v) is 3.86. The van der Waals surface area contributed by atoms with Crippen LogP contribution in [0.15, 0.2) is 18.3 Å². The van der Waals surface area contributed by atoms with Crippen LogP contribution in [0, 0.1) is 0 Å². The van der Waals surface area contributed by atoms with Crippen molar-refractivity contribution in [2.45, 2.75) is 12.7 Å². The van der Waals surface area contributed by atoms with Crippen molar-refractivity contribution in [3.63, 3.8) is 0 Å². The quantitative estimate of drug-likeness (QED) is 0.923. The van der Waals surface area contributed by atoms with Crippen molar-refractivity contribution >= 4 is 24.8 Å². The molecule has 0 bridgehead atoms. The predicted octanol–water partition coefficient (Wildman–Crippen LogP) is 2.33. The number of ether oxygens (including phenoxy) is 1. The molecule has 8 heteroatoms. The Bertz CT molecular complexity index is 292. The van der Waals surface area contributed by atoms with Crippen LogP contribution in [0.3, 0.4) is 0 Å². The van der Waals surface area contributed by atoms with Crippen molar-refractivity contribution in [3.8, 4) is 5.88 Å². The van der Waals surface area contributed by atoms with Crippen LogP contribution in [0.4, 0.5) is 13.2 Å². The second kappa shape index (κ2) is 7.54. The Labute approximate surface area is 103 Å². The van der Waals surface area contributed by atoms with Crippen molar-refractivity contribution < 1.29 is 17.9 Å². The number of halogens is 5. The van der Waals surface area contributed by atoms with Crippen LogP contribution in [-0.4, -0.2) is 17.8 Å². The Morgan fingerprint density at radius 2 is 1.88 bits per heavy atom. The van der Waals surface area contributed by atoms with E-state index in [0.717, 1.165) is 5.56 Å². The topological polar surface area (TPSA) is 48.1 Å². The lowest BCUT2D eigenvalue weighted by Gasteiger charge is -2.07. The maximum atomic E-state index is 11.7. The van der Waals surface area contributed by atoms with Gasteiger partial charge >= 0.3 is 6.18 Å². The molecule has 0 aliphatic heterocycles. The third kappa shape index (κ3) is 6.71. The van der Waals surface area contributed by atoms with Gasteiger partial charge in [0.1, 0.15) is 0 Å². The van der Waals surface area contributed by atoms with Gasteiger partial charge in [0.15, 0.2) is 6.61 Å². The molecular formula is C8H11Cl2F3N2O. The molecule has 3 nitrogen and oxygen atoms in total. The fraction of sp³-hybridized carbons (Fsp3) is 0.375. The van der Waals surface area contributed by atoms with E-state index in [1.165, 1.54) is 12.3 Å². The van der Waals surface area contributed by atoms with Crippen molar-refractivity contribution in [1.82, 2.24) is 4.98 Å². The van der Waals surface area contributed by atoms with E-state index < -0.39 is 12.8 Å². The highest BCUT2D eigenvalue weighted by Gasteiger charge is 2.28. The average molecular weight is 279 g/mol. The summed E-state index contributed by atoms with van der Waals surface area (Å²) in [5.41, 5.74) is 6.02. The third-order valence-electron chi connectivity index (χ3n) is 1.42. The number of alkyl halides is 3. The van der Waals surface area contributed by atoms with Gasteiger partial charge in [0.05, 0.1) is 0 Å². The Kier molecular flexibility index (Phi) is 8.32. The molecule has 0 fully saturated rings. The van der Waals surface area contributed by atoms with Gasteiger partial charge < -0.3 is 10.5 Å². The molecule has 0 saturated carbocycles. The highest BCUT2D eigenvalue weighted by molar-refractivity contribution is 5.85. The Morgan fingerprint density at radius 1 is 1.25 bits per heavy atom. The number of nitrogens with zero attached hydrogens (tertiary/aromatic N) is 1. The van der Waals surface area contributed by atoms with Crippen molar-refractivity contribution in [2.75, 3.05) is 6.61 Å². The Hall–Kier alpha value is -0.720. The van der Waals surface area contributed by atoms with E-state index in [9.17, 15) is 13.2 Å². The van der Waals surface area contributed by atoms with Gasteiger partial charge in [0.2, 0.25) is 5.88 Å². The van der Waals surface area contributed by atoms with Crippen LogP contribution in [0.2, 0.25) is 0 Å². The third-order valence-corrected chi connectivity index (χ3v) is 1.42. The summed E-state index contributed by atoms with van der Waals surface area (Å²) >= 11 is 0. The Balaban J connectivity index is 0. The van der Waals surface area contributed by atoms with Crippen molar-refractivity contribution in [3.05, 3.63) is 23.9 Å². The fourth-order valence-corrected chi connectivity index (χ4v) is 0.773. The van der Waals surface area contributed by atoms with Gasteiger partial charge in [-0.2, -0.15) is 13.2 Å². The van der Waals surface area contributed by atoms with Gasteiger partial charge in [-0.3, -0.25) is 0 Å². The van der Waals surface area contributed by atoms with E-state index in [1.807, 2.05) is 0 Å². The summed E-state index contributed by atoms with van der Waals surface area (Å²) in [6.07, 6.45) is -2.96. The van der Waals surface area contributed by atoms with Crippen LogP contribution < -0.4 is 10.5 Å². The SMILES string of the molecule is Cl.Cl.NCc1ccc(OCC(F)(F)F)nc1. The summed E-state index contributed by atoms with van der Waals surface area (Å²) in [4.78, 5) is 3.65. The minimum Gasteiger partial charge on any atom is -0.468 e. The van der Waals surface area contributed by atoms with Crippen molar-refractivity contribution in [2.24, 2.45) is 5.73 Å². The van der Waals surface area contributed by atoms with Gasteiger partial charge in [-0.15, -0.1) is 24.8 Å². The molecule has 0 spiro atoms. The molecule has 0 saturated heterocycles. The maximum Gasteiger partial charge on any atom is 0.422 e. The lowest BCUT2D eigenvalue weighted by Crippen LogP contribution is -2.19. The van der Waals surface area contributed by atoms with Gasteiger partial charge in [-0.25, -0.2) is 4.98 Å². The molecule has 0 amide bonds. The van der Waals surface area contributed by atoms with Crippen LogP contribution in [0.5, 0.6) is 5.88 Å². The molecule has 16 heavy (non-hydrogen) atoms. The molecule has 0 aromatic carbocycles. The van der Waals surface area contributed by atoms with E-state index in [0.29, 0.717) is 6.54 Å². The van der Waals surface area contributed by atoms with Gasteiger partial charge in [-0.1, -0.05) is 6.07 Å². The normalized spacial score (nSPS) is 10.0. The monoisotopic (exact) mass is 278 g/mol. The molecule has 1 heterocycles. The highest BCUT2D eigenvalue weighted by atomic mass is 35.5. The summed E-state index contributed by atoms with van der Waals surface area (Å²) in [6, 6.07) is 2.92. The minimum atomic E-state index is -4.34. The number of nitrogens with two attached hydrogens (primary N) is 1. The molecule has 0 atom stereocenters. The molecule has 2 N–H and O–H groups in total. The van der Waals surface area contributed by atoms with Gasteiger partial charge in [0, 0.05) is 18.8 Å². The summed E-state index contributed by atoms with van der Waals surface area (Å²) in [7, 11) is 0. The van der Waals surface area contributed by atoms with E-state index in [-0.39, 0.29) is 30.7 Å². The number of rotatable bonds is 3. The van der Waals surface area contributed by atoms with E-state index in [1.54, 1.807) is 6.07 Å². The first-order chi connectivity index (χ1) is 6.51. The number of pyridine rings is 1. The molecular weight excluding hydrogens is 268 g/mol. The van der Waals surface area contributed by atoms with Gasteiger partial charge in [0.25, 0.3) is 0 Å². The summed E-state index contributed by atoms with van der Waals surface area (Å²) < 4.78 is 39.5. The minimum absolute atomic E-state index is 0. The van der Waals surface area contributed by atoms with Crippen molar-refractivity contribution in [1.29, 1.82) is 0 Å². The molecule has 1 aromatic rings. The zero-order valence-corrected chi connectivity index (χ0v) is 9.66. The first-order valence-electron chi connectivity index (χ1n) is 3.86. The zero-order valence-electron chi connectivity index (χ0n) is 8.03. The number of aromatic nitrogens is 1. The van der Waals surface area contributed by atoms with E-state index >= 15 is 0 Å². The smallest absolute Gasteiger partial charge is 0.422 e. The lowest BCUT2D eigenvalue weighted by molar-refractivity contribution is -0.154. The lowest BCUT2D eigenvalue weighted by atomic mass is 10.3. The molecule has 0 unspecified atom stereocenters. The van der Waals surface area contributed by atoms with Crippen LogP contribution in [0.1, 0.15) is 5.56 Å². The van der Waals surface area contributed by atoms with E-state index in [4.69, 9.17) is 5.73 Å². The summed E-state index contributed by atoms with van der Waals surface area (Å²) in [5, 5.41) is 0. The average Bonchev–Trinajstić information content (AvgIpc) is 2.14. The number of hydrogen-bond acceptors (Lipinski definition) is 3. The second-order valence-corrected chi connectivity index (χ2v) is 2.61. The summed E-state index contributed by atoms with van der Waals surface area (Å²) in [6.45, 7) is -1.03. The van der Waals surface area contributed by atoms with E-state index in [2.05, 4.69) is 9.72 Å². The van der Waals surface area contributed by atoms with Crippen LogP contribution in [-0.2, 0) is 6.54 Å². The molecule has 1 aromatic heterocycles. The largest absolute Gasteiger partial charge is 0.468 e. The fourth-order valence-electron chi connectivity index (χ4n) is 0.773. The summed E-state index contributed by atoms with van der Waals surface area (Å²) in [5.74, 6) is -0.0560. The molecule has 0 radical (unpaired) electrons. The Morgan fingerprint density at radius 3 is 2.25 bits per heavy atom. The first kappa shape index (κ1) is 17.7. The number of hydrogen-bond donors (Lipinski definition) is 1. The van der Waals surface area contributed by atoms with Gasteiger partial charge in [-0.05, 0) is 5.56 Å². The molecule has 1 rings (SSSR count). The molecule has 0 aliphatic rings. The zero-order chi connectivity index (χ0) is 10.6. The molecule has 0 aliphatic carbocycles. The predicted molar refractivity (Wildman–Crippen MR) is 58.2 cm³/mol. The maximum absolute atomic E-state index is 11.7. The second-order valence-electron chi connectivity index (χ2n) is 2.61. The standard InChI is InChI=1S/C8H9F3N2O.2ClH/c9-8(10,11)5-14-7-2-1-6(3-12)4-13-7;;/h1-2,4H,3,5,12H2;2*1H. The van der Waals surface area contributed by atoms with Crippen LogP contribution >= 0.6 is 24.8 Å².